The Labute approximate surface area is 134 Å². The monoisotopic (exact) mass is 316 g/mol. The number of nitrogens with one attached hydrogen (secondary N) is 1. The molecule has 1 aromatic heterocycles. The Morgan fingerprint density at radius 1 is 1.43 bits per heavy atom. The van der Waals surface area contributed by atoms with Gasteiger partial charge in [0.05, 0.1) is 11.5 Å². The zero-order chi connectivity index (χ0) is 17.0. The van der Waals surface area contributed by atoms with Crippen molar-refractivity contribution in [1.82, 2.24) is 14.9 Å². The second-order valence-corrected chi connectivity index (χ2v) is 5.80. The number of nitro groups is 1. The molecule has 0 fully saturated rings. The summed E-state index contributed by atoms with van der Waals surface area (Å²) in [6, 6.07) is 4.71. The lowest BCUT2D eigenvalue weighted by Crippen LogP contribution is -2.26. The Balaban J connectivity index is 2.14. The van der Waals surface area contributed by atoms with E-state index in [1.165, 1.54) is 6.07 Å². The zero-order valence-corrected chi connectivity index (χ0v) is 13.4. The Morgan fingerprint density at radius 2 is 2.17 bits per heavy atom. The van der Waals surface area contributed by atoms with Crippen LogP contribution in [-0.2, 0) is 13.1 Å². The van der Waals surface area contributed by atoms with E-state index in [0.717, 1.165) is 12.4 Å². The van der Waals surface area contributed by atoms with E-state index in [1.54, 1.807) is 25.3 Å². The van der Waals surface area contributed by atoms with Gasteiger partial charge in [-0.25, -0.2) is 4.98 Å². The molecule has 0 saturated carbocycles. The minimum atomic E-state index is -0.524. The van der Waals surface area contributed by atoms with Gasteiger partial charge in [0.2, 0.25) is 0 Å². The molecule has 0 aliphatic heterocycles. The largest absolute Gasteiger partial charge is 0.345 e. The first kappa shape index (κ1) is 16.7. The summed E-state index contributed by atoms with van der Waals surface area (Å²) in [6.07, 6.45) is 3.54. The highest BCUT2D eigenvalue weighted by Crippen LogP contribution is 2.22. The number of aromatic nitrogens is 2. The van der Waals surface area contributed by atoms with E-state index in [-0.39, 0.29) is 17.8 Å². The molecule has 0 radical (unpaired) electrons. The van der Waals surface area contributed by atoms with Crippen LogP contribution in [0.2, 0.25) is 0 Å². The summed E-state index contributed by atoms with van der Waals surface area (Å²) in [7, 11) is 0. The van der Waals surface area contributed by atoms with E-state index >= 15 is 0 Å². The lowest BCUT2D eigenvalue weighted by atomic mass is 10.1. The summed E-state index contributed by atoms with van der Waals surface area (Å²) >= 11 is 0. The van der Waals surface area contributed by atoms with Gasteiger partial charge in [0.15, 0.2) is 0 Å². The minimum Gasteiger partial charge on any atom is -0.345 e. The van der Waals surface area contributed by atoms with Crippen LogP contribution in [0.25, 0.3) is 0 Å². The second kappa shape index (κ2) is 7.04. The van der Waals surface area contributed by atoms with Gasteiger partial charge in [-0.1, -0.05) is 26.0 Å². The predicted octanol–water partition coefficient (Wildman–Crippen LogP) is 2.69. The Kier molecular flexibility index (Phi) is 5.10. The SMILES string of the molecule is Cc1cccc(C(=O)NCc2nccn2CC(C)C)c1[N+](=O)[O-]. The number of hydrogen-bond donors (Lipinski definition) is 1. The predicted molar refractivity (Wildman–Crippen MR) is 86.1 cm³/mol. The van der Waals surface area contributed by atoms with Crippen molar-refractivity contribution in [3.05, 3.63) is 57.7 Å². The number of rotatable bonds is 6. The maximum absolute atomic E-state index is 12.3. The molecule has 1 amide bonds. The van der Waals surface area contributed by atoms with Crippen molar-refractivity contribution in [1.29, 1.82) is 0 Å². The first-order chi connectivity index (χ1) is 10.9. The maximum atomic E-state index is 12.3. The molecule has 2 rings (SSSR count). The van der Waals surface area contributed by atoms with Crippen molar-refractivity contribution in [2.75, 3.05) is 0 Å². The van der Waals surface area contributed by atoms with Gasteiger partial charge in [-0.3, -0.25) is 14.9 Å². The molecule has 0 saturated heterocycles. The lowest BCUT2D eigenvalue weighted by Gasteiger charge is -2.11. The molecular weight excluding hydrogens is 296 g/mol. The molecule has 0 atom stereocenters. The number of imidazole rings is 1. The van der Waals surface area contributed by atoms with Gasteiger partial charge < -0.3 is 9.88 Å². The van der Waals surface area contributed by atoms with Crippen LogP contribution in [0.15, 0.2) is 30.6 Å². The van der Waals surface area contributed by atoms with Crippen molar-refractivity contribution in [3.8, 4) is 0 Å². The molecular formula is C16H20N4O3. The average molecular weight is 316 g/mol. The summed E-state index contributed by atoms with van der Waals surface area (Å²) in [5.41, 5.74) is 0.372. The number of carbonyl (C=O) groups is 1. The van der Waals surface area contributed by atoms with Crippen LogP contribution in [0.3, 0.4) is 0 Å². The van der Waals surface area contributed by atoms with Gasteiger partial charge in [-0.2, -0.15) is 0 Å². The number of aryl methyl sites for hydroxylation is 1. The third-order valence-electron chi connectivity index (χ3n) is 3.44. The molecule has 0 unspecified atom stereocenters. The van der Waals surface area contributed by atoms with Gasteiger partial charge >= 0.3 is 0 Å². The Morgan fingerprint density at radius 3 is 2.83 bits per heavy atom. The lowest BCUT2D eigenvalue weighted by molar-refractivity contribution is -0.385. The van der Waals surface area contributed by atoms with Gasteiger partial charge in [0.25, 0.3) is 11.6 Å². The molecule has 7 nitrogen and oxygen atoms in total. The van der Waals surface area contributed by atoms with Gasteiger partial charge in [0.1, 0.15) is 11.4 Å². The molecule has 0 bridgehead atoms. The van der Waals surface area contributed by atoms with Crippen molar-refractivity contribution >= 4 is 11.6 Å². The first-order valence-electron chi connectivity index (χ1n) is 7.42. The molecule has 1 N–H and O–H groups in total. The standard InChI is InChI=1S/C16H20N4O3/c1-11(2)10-19-8-7-17-14(19)9-18-16(21)13-6-4-5-12(3)15(13)20(22)23/h4-8,11H,9-10H2,1-3H3,(H,18,21). The fourth-order valence-corrected chi connectivity index (χ4v) is 2.41. The molecule has 0 spiro atoms. The van der Waals surface area contributed by atoms with E-state index in [0.29, 0.717) is 11.5 Å². The molecule has 1 heterocycles. The Hall–Kier alpha value is -2.70. The highest BCUT2D eigenvalue weighted by atomic mass is 16.6. The van der Waals surface area contributed by atoms with Crippen LogP contribution >= 0.6 is 0 Å². The van der Waals surface area contributed by atoms with E-state index in [1.807, 2.05) is 10.8 Å². The third kappa shape index (κ3) is 3.94. The number of amides is 1. The summed E-state index contributed by atoms with van der Waals surface area (Å²) in [6.45, 7) is 6.83. The summed E-state index contributed by atoms with van der Waals surface area (Å²) in [5, 5.41) is 13.9. The van der Waals surface area contributed by atoms with Crippen LogP contribution < -0.4 is 5.32 Å². The first-order valence-corrected chi connectivity index (χ1v) is 7.42. The van der Waals surface area contributed by atoms with E-state index in [4.69, 9.17) is 0 Å². The van der Waals surface area contributed by atoms with Crippen LogP contribution in [0.5, 0.6) is 0 Å². The number of para-hydroxylation sites is 1. The van der Waals surface area contributed by atoms with Crippen molar-refractivity contribution in [2.45, 2.75) is 33.9 Å². The fourth-order valence-electron chi connectivity index (χ4n) is 2.41. The summed E-state index contributed by atoms with van der Waals surface area (Å²) in [5.74, 6) is 0.707. The average Bonchev–Trinajstić information content (AvgIpc) is 2.90. The van der Waals surface area contributed by atoms with Gasteiger partial charge in [-0.15, -0.1) is 0 Å². The van der Waals surface area contributed by atoms with Crippen molar-refractivity contribution < 1.29 is 9.72 Å². The van der Waals surface area contributed by atoms with E-state index in [9.17, 15) is 14.9 Å². The van der Waals surface area contributed by atoms with Crippen LogP contribution in [0.1, 0.15) is 35.6 Å². The van der Waals surface area contributed by atoms with Crippen molar-refractivity contribution in [2.24, 2.45) is 5.92 Å². The number of hydrogen-bond acceptors (Lipinski definition) is 4. The van der Waals surface area contributed by atoms with Gasteiger partial charge in [-0.05, 0) is 18.9 Å². The number of nitro benzene ring substituents is 1. The summed E-state index contributed by atoms with van der Waals surface area (Å²) < 4.78 is 1.97. The van der Waals surface area contributed by atoms with Crippen molar-refractivity contribution in [3.63, 3.8) is 0 Å². The smallest absolute Gasteiger partial charge is 0.285 e. The molecule has 2 aromatic rings. The normalized spacial score (nSPS) is 10.8. The van der Waals surface area contributed by atoms with Gasteiger partial charge in [0, 0.05) is 24.5 Å². The highest BCUT2D eigenvalue weighted by Gasteiger charge is 2.22. The van der Waals surface area contributed by atoms with E-state index in [2.05, 4.69) is 24.1 Å². The maximum Gasteiger partial charge on any atom is 0.285 e. The van der Waals surface area contributed by atoms with E-state index < -0.39 is 10.8 Å². The fraction of sp³-hybridized carbons (Fsp3) is 0.375. The second-order valence-electron chi connectivity index (χ2n) is 5.80. The minimum absolute atomic E-state index is 0.0666. The topological polar surface area (TPSA) is 90.1 Å². The molecule has 122 valence electrons. The number of nitrogens with zero attached hydrogens (tertiary/aromatic N) is 3. The number of carbonyl (C=O) groups excluding carboxylic acids is 1. The highest BCUT2D eigenvalue weighted by molar-refractivity contribution is 5.98. The molecule has 7 heteroatoms. The quantitative estimate of drug-likeness (QED) is 0.655. The summed E-state index contributed by atoms with van der Waals surface area (Å²) in [4.78, 5) is 27.2. The number of benzene rings is 1. The zero-order valence-electron chi connectivity index (χ0n) is 13.4. The molecule has 0 aliphatic rings. The Bertz CT molecular complexity index is 722. The molecule has 0 aliphatic carbocycles. The van der Waals surface area contributed by atoms with Crippen LogP contribution in [-0.4, -0.2) is 20.4 Å². The molecule has 23 heavy (non-hydrogen) atoms. The third-order valence-corrected chi connectivity index (χ3v) is 3.44. The van der Waals surface area contributed by atoms with Crippen LogP contribution in [0.4, 0.5) is 5.69 Å². The van der Waals surface area contributed by atoms with Crippen LogP contribution in [0, 0.1) is 23.0 Å². The molecule has 1 aromatic carbocycles.